The number of carbonyl (C=O) groups excluding carboxylic acids is 1. The summed E-state index contributed by atoms with van der Waals surface area (Å²) in [6.07, 6.45) is 1.19. The Balaban J connectivity index is 2.03. The van der Waals surface area contributed by atoms with Crippen LogP contribution in [0.25, 0.3) is 0 Å². The second-order valence-electron chi connectivity index (χ2n) is 4.27. The van der Waals surface area contributed by atoms with Gasteiger partial charge in [0.2, 0.25) is 10.0 Å². The summed E-state index contributed by atoms with van der Waals surface area (Å²) in [5, 5.41) is 1.74. The van der Waals surface area contributed by atoms with Gasteiger partial charge in [-0.15, -0.1) is 0 Å². The van der Waals surface area contributed by atoms with E-state index < -0.39 is 10.0 Å². The van der Waals surface area contributed by atoms with E-state index in [1.807, 2.05) is 0 Å². The molecule has 0 aromatic carbocycles. The van der Waals surface area contributed by atoms with Crippen molar-refractivity contribution < 1.29 is 13.2 Å². The third-order valence-corrected chi connectivity index (χ3v) is 5.00. The van der Waals surface area contributed by atoms with Crippen molar-refractivity contribution in [2.45, 2.75) is 6.92 Å². The van der Waals surface area contributed by atoms with E-state index >= 15 is 0 Å². The van der Waals surface area contributed by atoms with Crippen molar-refractivity contribution in [1.29, 1.82) is 0 Å². The lowest BCUT2D eigenvalue weighted by Crippen LogP contribution is -2.50. The van der Waals surface area contributed by atoms with Crippen molar-refractivity contribution in [3.63, 3.8) is 0 Å². The predicted molar refractivity (Wildman–Crippen MR) is 69.2 cm³/mol. The molecule has 0 radical (unpaired) electrons. The van der Waals surface area contributed by atoms with E-state index in [0.29, 0.717) is 31.7 Å². The number of hydrogen-bond donors (Lipinski definition) is 0. The molecule has 0 bridgehead atoms. The first-order chi connectivity index (χ1) is 8.39. The van der Waals surface area contributed by atoms with Gasteiger partial charge >= 0.3 is 0 Å². The van der Waals surface area contributed by atoms with Crippen LogP contribution in [0.15, 0.2) is 5.38 Å². The van der Waals surface area contributed by atoms with Gasteiger partial charge in [-0.2, -0.15) is 8.68 Å². The minimum absolute atomic E-state index is 0.0607. The first-order valence-electron chi connectivity index (χ1n) is 5.55. The van der Waals surface area contributed by atoms with Gasteiger partial charge in [-0.25, -0.2) is 8.42 Å². The highest BCUT2D eigenvalue weighted by Crippen LogP contribution is 2.14. The third-order valence-electron chi connectivity index (χ3n) is 2.98. The molecule has 100 valence electrons. The number of aryl methyl sites for hydroxylation is 1. The van der Waals surface area contributed by atoms with Crippen LogP contribution in [0.2, 0.25) is 0 Å². The smallest absolute Gasteiger partial charge is 0.256 e. The Kier molecular flexibility index (Phi) is 3.69. The number of carbonyl (C=O) groups is 1. The predicted octanol–water partition coefficient (Wildman–Crippen LogP) is 0.169. The highest BCUT2D eigenvalue weighted by Gasteiger charge is 2.27. The molecule has 1 aliphatic heterocycles. The minimum atomic E-state index is -3.15. The number of nitrogens with zero attached hydrogens (tertiary/aromatic N) is 3. The molecule has 0 atom stereocenters. The van der Waals surface area contributed by atoms with E-state index in [1.165, 1.54) is 22.1 Å². The third kappa shape index (κ3) is 2.70. The molecular formula is C10H15N3O3S2. The Bertz CT molecular complexity index is 544. The zero-order chi connectivity index (χ0) is 13.3. The molecule has 1 amide bonds. The van der Waals surface area contributed by atoms with Crippen molar-refractivity contribution in [3.05, 3.63) is 16.6 Å². The van der Waals surface area contributed by atoms with Crippen LogP contribution in [0.1, 0.15) is 16.1 Å². The Hall–Kier alpha value is -0.990. The van der Waals surface area contributed by atoms with Gasteiger partial charge in [0.25, 0.3) is 5.91 Å². The first-order valence-corrected chi connectivity index (χ1v) is 8.23. The Morgan fingerprint density at radius 1 is 1.33 bits per heavy atom. The Morgan fingerprint density at radius 2 is 1.94 bits per heavy atom. The molecular weight excluding hydrogens is 274 g/mol. The van der Waals surface area contributed by atoms with Crippen LogP contribution in [-0.2, 0) is 10.0 Å². The zero-order valence-corrected chi connectivity index (χ0v) is 11.9. The summed E-state index contributed by atoms with van der Waals surface area (Å²) in [7, 11) is -3.15. The van der Waals surface area contributed by atoms with Crippen molar-refractivity contribution in [3.8, 4) is 0 Å². The lowest BCUT2D eigenvalue weighted by Gasteiger charge is -2.33. The second-order valence-corrected chi connectivity index (χ2v) is 6.88. The number of rotatable bonds is 2. The van der Waals surface area contributed by atoms with Crippen molar-refractivity contribution >= 4 is 27.5 Å². The number of sulfonamides is 1. The quantitative estimate of drug-likeness (QED) is 0.778. The van der Waals surface area contributed by atoms with Crippen LogP contribution in [0, 0.1) is 6.92 Å². The normalized spacial score (nSPS) is 18.0. The van der Waals surface area contributed by atoms with Gasteiger partial charge in [-0.3, -0.25) is 4.79 Å². The molecule has 1 fully saturated rings. The average molecular weight is 289 g/mol. The summed E-state index contributed by atoms with van der Waals surface area (Å²) >= 11 is 1.26. The van der Waals surface area contributed by atoms with Gasteiger partial charge in [0.15, 0.2) is 0 Å². The van der Waals surface area contributed by atoms with Crippen molar-refractivity contribution in [2.75, 3.05) is 32.4 Å². The van der Waals surface area contributed by atoms with E-state index in [4.69, 9.17) is 0 Å². The summed E-state index contributed by atoms with van der Waals surface area (Å²) in [5.74, 6) is -0.0607. The number of piperazine rings is 1. The molecule has 2 rings (SSSR count). The van der Waals surface area contributed by atoms with Crippen LogP contribution in [0.5, 0.6) is 0 Å². The van der Waals surface area contributed by atoms with Gasteiger partial charge in [-0.05, 0) is 18.5 Å². The summed E-state index contributed by atoms with van der Waals surface area (Å²) in [6, 6.07) is 0. The maximum Gasteiger partial charge on any atom is 0.256 e. The standard InChI is InChI=1S/C10H15N3O3S2/c1-8-9(7-17-11-8)10(14)12-3-5-13(6-4-12)18(2,15)16/h7H,3-6H2,1-2H3. The topological polar surface area (TPSA) is 70.6 Å². The van der Waals surface area contributed by atoms with Gasteiger partial charge in [0, 0.05) is 31.6 Å². The Labute approximate surface area is 110 Å². The summed E-state index contributed by atoms with van der Waals surface area (Å²) in [4.78, 5) is 13.8. The lowest BCUT2D eigenvalue weighted by molar-refractivity contribution is 0.0698. The van der Waals surface area contributed by atoms with Gasteiger partial charge in [0.1, 0.15) is 0 Å². The van der Waals surface area contributed by atoms with Crippen LogP contribution in [0.3, 0.4) is 0 Å². The lowest BCUT2D eigenvalue weighted by atomic mass is 10.2. The van der Waals surface area contributed by atoms with Gasteiger partial charge in [0.05, 0.1) is 17.5 Å². The molecule has 1 aromatic rings. The fourth-order valence-electron chi connectivity index (χ4n) is 1.89. The summed E-state index contributed by atoms with van der Waals surface area (Å²) in [6.45, 7) is 3.39. The molecule has 8 heteroatoms. The molecule has 1 aliphatic rings. The fourth-order valence-corrected chi connectivity index (χ4v) is 3.40. The summed E-state index contributed by atoms with van der Waals surface area (Å²) in [5.41, 5.74) is 1.35. The molecule has 0 aliphatic carbocycles. The molecule has 0 spiro atoms. The molecule has 0 saturated carbocycles. The monoisotopic (exact) mass is 289 g/mol. The van der Waals surface area contributed by atoms with E-state index in [2.05, 4.69) is 4.37 Å². The van der Waals surface area contributed by atoms with Crippen LogP contribution >= 0.6 is 11.5 Å². The highest BCUT2D eigenvalue weighted by molar-refractivity contribution is 7.88. The largest absolute Gasteiger partial charge is 0.336 e. The number of amides is 1. The summed E-state index contributed by atoms with van der Waals surface area (Å²) < 4.78 is 28.2. The van der Waals surface area contributed by atoms with Crippen LogP contribution < -0.4 is 0 Å². The molecule has 6 nitrogen and oxygen atoms in total. The Morgan fingerprint density at radius 3 is 2.39 bits per heavy atom. The highest BCUT2D eigenvalue weighted by atomic mass is 32.2. The number of aromatic nitrogens is 1. The zero-order valence-electron chi connectivity index (χ0n) is 10.3. The van der Waals surface area contributed by atoms with E-state index in [0.717, 1.165) is 5.69 Å². The molecule has 0 N–H and O–H groups in total. The van der Waals surface area contributed by atoms with E-state index in [1.54, 1.807) is 17.2 Å². The molecule has 1 saturated heterocycles. The average Bonchev–Trinajstić information content (AvgIpc) is 2.73. The van der Waals surface area contributed by atoms with Crippen LogP contribution in [-0.4, -0.2) is 60.3 Å². The molecule has 18 heavy (non-hydrogen) atoms. The molecule has 0 unspecified atom stereocenters. The van der Waals surface area contributed by atoms with Crippen LogP contribution in [0.4, 0.5) is 0 Å². The minimum Gasteiger partial charge on any atom is -0.336 e. The second kappa shape index (κ2) is 4.94. The number of hydrogen-bond acceptors (Lipinski definition) is 5. The first kappa shape index (κ1) is 13.4. The van der Waals surface area contributed by atoms with Gasteiger partial charge in [-0.1, -0.05) is 0 Å². The van der Waals surface area contributed by atoms with E-state index in [9.17, 15) is 13.2 Å². The van der Waals surface area contributed by atoms with Crippen molar-refractivity contribution in [2.24, 2.45) is 0 Å². The van der Waals surface area contributed by atoms with Crippen molar-refractivity contribution in [1.82, 2.24) is 13.6 Å². The maximum atomic E-state index is 12.2. The molecule has 2 heterocycles. The maximum absolute atomic E-state index is 12.2. The SMILES string of the molecule is Cc1nscc1C(=O)N1CCN(S(C)(=O)=O)CC1. The molecule has 1 aromatic heterocycles. The van der Waals surface area contributed by atoms with Gasteiger partial charge < -0.3 is 4.90 Å². The fraction of sp³-hybridized carbons (Fsp3) is 0.600. The van der Waals surface area contributed by atoms with E-state index in [-0.39, 0.29) is 5.91 Å².